The summed E-state index contributed by atoms with van der Waals surface area (Å²) in [6.07, 6.45) is 5.63. The molecule has 2 aliphatic rings. The largest absolute Gasteiger partial charge is 0.469 e. The highest BCUT2D eigenvalue weighted by Gasteiger charge is 2.42. The summed E-state index contributed by atoms with van der Waals surface area (Å²) in [5, 5.41) is 14.4. The Bertz CT molecular complexity index is 694. The number of ether oxygens (including phenoxy) is 4. The number of hydrogen-bond donors (Lipinski definition) is 2. The fraction of sp³-hybridized carbons (Fsp3) is 0.929. The van der Waals surface area contributed by atoms with Crippen molar-refractivity contribution in [3.05, 3.63) is 0 Å². The number of methoxy groups -OCH3 is 1. The Balaban J connectivity index is 1.91. The molecular formula is C28H51NO7. The summed E-state index contributed by atoms with van der Waals surface area (Å²) in [5.41, 5.74) is -0.530. The van der Waals surface area contributed by atoms with Gasteiger partial charge in [-0.15, -0.1) is 0 Å². The van der Waals surface area contributed by atoms with E-state index in [4.69, 9.17) is 18.9 Å². The van der Waals surface area contributed by atoms with Crippen LogP contribution in [0.15, 0.2) is 0 Å². The van der Waals surface area contributed by atoms with Gasteiger partial charge in [0, 0.05) is 17.9 Å². The molecule has 0 saturated carbocycles. The average Bonchev–Trinajstić information content (AvgIpc) is 3.47. The van der Waals surface area contributed by atoms with Crippen LogP contribution in [0.2, 0.25) is 0 Å². The highest BCUT2D eigenvalue weighted by Crippen LogP contribution is 2.37. The molecule has 36 heavy (non-hydrogen) atoms. The van der Waals surface area contributed by atoms with E-state index in [0.29, 0.717) is 0 Å². The molecular weight excluding hydrogens is 462 g/mol. The summed E-state index contributed by atoms with van der Waals surface area (Å²) < 4.78 is 23.0. The van der Waals surface area contributed by atoms with Crippen LogP contribution >= 0.6 is 0 Å². The number of hydrogen-bond acceptors (Lipinski definition) is 7. The van der Waals surface area contributed by atoms with E-state index >= 15 is 0 Å². The number of aliphatic hydroxyl groups excluding tert-OH is 1. The molecule has 1 amide bonds. The van der Waals surface area contributed by atoms with Gasteiger partial charge in [-0.05, 0) is 72.6 Å². The molecule has 0 radical (unpaired) electrons. The van der Waals surface area contributed by atoms with Crippen LogP contribution in [0.3, 0.4) is 0 Å². The third-order valence-corrected chi connectivity index (χ3v) is 7.77. The number of amides is 1. The second-order valence-corrected chi connectivity index (χ2v) is 11.8. The first kappa shape index (κ1) is 30.8. The van der Waals surface area contributed by atoms with Crippen LogP contribution in [0.1, 0.15) is 99.8 Å². The second kappa shape index (κ2) is 14.0. The maximum atomic E-state index is 12.3. The first-order valence-electron chi connectivity index (χ1n) is 14.0. The molecule has 2 fully saturated rings. The van der Waals surface area contributed by atoms with Gasteiger partial charge >= 0.3 is 12.1 Å². The molecule has 0 spiro atoms. The lowest BCUT2D eigenvalue weighted by Crippen LogP contribution is -2.42. The third-order valence-electron chi connectivity index (χ3n) is 7.77. The molecule has 2 N–H and O–H groups in total. The van der Waals surface area contributed by atoms with Gasteiger partial charge in [-0.3, -0.25) is 4.79 Å². The zero-order valence-corrected chi connectivity index (χ0v) is 23.7. The van der Waals surface area contributed by atoms with E-state index in [0.717, 1.165) is 51.4 Å². The third kappa shape index (κ3) is 8.88. The zero-order chi connectivity index (χ0) is 27.0. The average molecular weight is 514 g/mol. The molecule has 0 aromatic rings. The summed E-state index contributed by atoms with van der Waals surface area (Å²) in [6.45, 7) is 13.7. The minimum atomic E-state index is -0.553. The molecule has 2 rings (SSSR count). The predicted molar refractivity (Wildman–Crippen MR) is 139 cm³/mol. The van der Waals surface area contributed by atoms with Crippen LogP contribution in [-0.4, -0.2) is 66.4 Å². The zero-order valence-electron chi connectivity index (χ0n) is 23.7. The summed E-state index contributed by atoms with van der Waals surface area (Å²) >= 11 is 0. The maximum Gasteiger partial charge on any atom is 0.407 e. The van der Waals surface area contributed by atoms with Gasteiger partial charge in [-0.2, -0.15) is 0 Å². The molecule has 0 aromatic heterocycles. The molecule has 8 nitrogen and oxygen atoms in total. The van der Waals surface area contributed by atoms with E-state index in [1.807, 2.05) is 34.6 Å². The van der Waals surface area contributed by atoms with Gasteiger partial charge in [0.2, 0.25) is 0 Å². The van der Waals surface area contributed by atoms with Gasteiger partial charge in [0.15, 0.2) is 0 Å². The van der Waals surface area contributed by atoms with E-state index < -0.39 is 11.7 Å². The fourth-order valence-electron chi connectivity index (χ4n) is 5.73. The second-order valence-electron chi connectivity index (χ2n) is 11.8. The Hall–Kier alpha value is -1.38. The SMILES string of the molecule is CCC[C@H](C[C@@H]1CC[C@H]([C@@H](CC)[C@@H](O)[C@H](C)[C@@H]2CC[C@H]([C@@H](C)C(=O)OC)O2)O1)NC(=O)OC(C)(C)C. The van der Waals surface area contributed by atoms with Crippen molar-refractivity contribution in [2.45, 2.75) is 142 Å². The lowest BCUT2D eigenvalue weighted by molar-refractivity contribution is -0.151. The topological polar surface area (TPSA) is 103 Å². The number of carbonyl (C=O) groups excluding carboxylic acids is 2. The van der Waals surface area contributed by atoms with Crippen LogP contribution in [-0.2, 0) is 23.7 Å². The minimum absolute atomic E-state index is 0.00172. The molecule has 0 bridgehead atoms. The van der Waals surface area contributed by atoms with Gasteiger partial charge < -0.3 is 29.4 Å². The Labute approximate surface area is 218 Å². The molecule has 2 saturated heterocycles. The molecule has 2 aliphatic heterocycles. The van der Waals surface area contributed by atoms with Crippen LogP contribution in [0.25, 0.3) is 0 Å². The van der Waals surface area contributed by atoms with Gasteiger partial charge in [0.25, 0.3) is 0 Å². The quantitative estimate of drug-likeness (QED) is 0.354. The lowest BCUT2D eigenvalue weighted by atomic mass is 9.82. The Kier molecular flexibility index (Phi) is 12.0. The fourth-order valence-corrected chi connectivity index (χ4v) is 5.73. The first-order valence-corrected chi connectivity index (χ1v) is 14.0. The number of alkyl carbamates (subject to hydrolysis) is 1. The van der Waals surface area contributed by atoms with E-state index in [2.05, 4.69) is 19.2 Å². The standard InChI is InChI=1S/C28H51NO7/c1-9-11-19(29-27(32)36-28(5,6)7)16-20-12-13-24(34-20)21(10-2)25(30)17(3)22-14-15-23(35-22)18(4)26(31)33-8/h17-25,30H,9-16H2,1-8H3,(H,29,32)/t17-,18-,19-,20+,21-,22+,23-,24-,25+/m1/s1. The Morgan fingerprint density at radius 3 is 2.25 bits per heavy atom. The van der Waals surface area contributed by atoms with Crippen LogP contribution in [0.4, 0.5) is 4.79 Å². The number of rotatable bonds is 12. The normalized spacial score (nSPS) is 28.7. The monoisotopic (exact) mass is 513 g/mol. The van der Waals surface area contributed by atoms with Crippen molar-refractivity contribution in [1.82, 2.24) is 5.32 Å². The van der Waals surface area contributed by atoms with Crippen LogP contribution < -0.4 is 5.32 Å². The van der Waals surface area contributed by atoms with Crippen LogP contribution in [0.5, 0.6) is 0 Å². The molecule has 0 unspecified atom stereocenters. The van der Waals surface area contributed by atoms with Crippen molar-refractivity contribution in [3.8, 4) is 0 Å². The number of aliphatic hydroxyl groups is 1. The van der Waals surface area contributed by atoms with E-state index in [1.54, 1.807) is 0 Å². The molecule has 0 aliphatic carbocycles. The van der Waals surface area contributed by atoms with Crippen molar-refractivity contribution in [2.24, 2.45) is 17.8 Å². The Morgan fingerprint density at radius 1 is 1.03 bits per heavy atom. The predicted octanol–water partition coefficient (Wildman–Crippen LogP) is 5.00. The smallest absolute Gasteiger partial charge is 0.407 e. The van der Waals surface area contributed by atoms with Crippen molar-refractivity contribution >= 4 is 12.1 Å². The Morgan fingerprint density at radius 2 is 1.67 bits per heavy atom. The molecule has 210 valence electrons. The molecule has 9 atom stereocenters. The van der Waals surface area contributed by atoms with Gasteiger partial charge in [0.1, 0.15) is 5.60 Å². The van der Waals surface area contributed by atoms with Crippen molar-refractivity contribution < 1.29 is 33.6 Å². The van der Waals surface area contributed by atoms with E-state index in [9.17, 15) is 14.7 Å². The first-order chi connectivity index (χ1) is 16.9. The molecule has 8 heteroatoms. The lowest BCUT2D eigenvalue weighted by Gasteiger charge is -2.34. The summed E-state index contributed by atoms with van der Waals surface area (Å²) in [6, 6.07) is -0.00172. The van der Waals surface area contributed by atoms with Gasteiger partial charge in [0.05, 0.1) is 43.5 Å². The summed E-state index contributed by atoms with van der Waals surface area (Å²) in [5.74, 6) is -0.618. The van der Waals surface area contributed by atoms with E-state index in [1.165, 1.54) is 7.11 Å². The number of carbonyl (C=O) groups is 2. The number of esters is 1. The highest BCUT2D eigenvalue weighted by atomic mass is 16.6. The minimum Gasteiger partial charge on any atom is -0.469 e. The van der Waals surface area contributed by atoms with Crippen molar-refractivity contribution in [1.29, 1.82) is 0 Å². The molecule has 2 heterocycles. The van der Waals surface area contributed by atoms with Crippen molar-refractivity contribution in [2.75, 3.05) is 7.11 Å². The number of nitrogens with one attached hydrogen (secondary N) is 1. The summed E-state index contributed by atoms with van der Waals surface area (Å²) in [7, 11) is 1.40. The van der Waals surface area contributed by atoms with Crippen molar-refractivity contribution in [3.63, 3.8) is 0 Å². The molecule has 0 aromatic carbocycles. The van der Waals surface area contributed by atoms with Crippen LogP contribution in [0, 0.1) is 17.8 Å². The van der Waals surface area contributed by atoms with E-state index in [-0.39, 0.29) is 60.3 Å². The van der Waals surface area contributed by atoms with Gasteiger partial charge in [-0.1, -0.05) is 27.2 Å². The summed E-state index contributed by atoms with van der Waals surface area (Å²) in [4.78, 5) is 24.2. The highest BCUT2D eigenvalue weighted by molar-refractivity contribution is 5.72. The maximum absolute atomic E-state index is 12.3. The van der Waals surface area contributed by atoms with Gasteiger partial charge in [-0.25, -0.2) is 4.79 Å².